The number of thiophene rings is 1. The summed E-state index contributed by atoms with van der Waals surface area (Å²) in [5, 5.41) is 4.60. The first-order valence-electron chi connectivity index (χ1n) is 6.67. The summed E-state index contributed by atoms with van der Waals surface area (Å²) in [6.45, 7) is 5.31. The van der Waals surface area contributed by atoms with E-state index in [0.29, 0.717) is 22.4 Å². The van der Waals surface area contributed by atoms with Crippen LogP contribution >= 0.6 is 46.1 Å². The van der Waals surface area contributed by atoms with Gasteiger partial charge in [-0.25, -0.2) is 0 Å². The van der Waals surface area contributed by atoms with Crippen molar-refractivity contribution in [3.63, 3.8) is 0 Å². The van der Waals surface area contributed by atoms with Gasteiger partial charge in [0.1, 0.15) is 5.75 Å². The van der Waals surface area contributed by atoms with Gasteiger partial charge in [-0.15, -0.1) is 11.3 Å². The maximum absolute atomic E-state index is 6.42. The van der Waals surface area contributed by atoms with Crippen LogP contribution in [0.5, 0.6) is 5.75 Å². The van der Waals surface area contributed by atoms with Gasteiger partial charge < -0.3 is 10.1 Å². The summed E-state index contributed by atoms with van der Waals surface area (Å²) in [6, 6.07) is 7.47. The van der Waals surface area contributed by atoms with Crippen molar-refractivity contribution in [3.8, 4) is 5.75 Å². The Morgan fingerprint density at radius 3 is 2.48 bits per heavy atom. The molecule has 6 heteroatoms. The van der Waals surface area contributed by atoms with Crippen LogP contribution in [0, 0.1) is 0 Å². The fourth-order valence-electron chi connectivity index (χ4n) is 2.08. The van der Waals surface area contributed by atoms with Crippen molar-refractivity contribution in [1.82, 2.24) is 5.32 Å². The lowest BCUT2D eigenvalue weighted by atomic mass is 10.0. The van der Waals surface area contributed by atoms with Crippen molar-refractivity contribution >= 4 is 46.1 Å². The molecular formula is C15H16Cl3NOS. The minimum atomic E-state index is -0.0341. The zero-order valence-corrected chi connectivity index (χ0v) is 14.8. The summed E-state index contributed by atoms with van der Waals surface area (Å²) >= 11 is 20.3. The molecule has 2 rings (SSSR count). The number of nitrogens with one attached hydrogen (secondary N) is 1. The SMILES string of the molecule is CCNC(c1ccc(Cl)s1)c1cc(Cl)c(OCC)cc1Cl. The topological polar surface area (TPSA) is 21.3 Å². The van der Waals surface area contributed by atoms with Gasteiger partial charge in [0.05, 0.1) is 22.0 Å². The van der Waals surface area contributed by atoms with Crippen LogP contribution in [0.25, 0.3) is 0 Å². The zero-order chi connectivity index (χ0) is 15.4. The molecule has 2 aromatic rings. The lowest BCUT2D eigenvalue weighted by Crippen LogP contribution is -2.21. The van der Waals surface area contributed by atoms with E-state index >= 15 is 0 Å². The normalized spacial score (nSPS) is 12.4. The second kappa shape index (κ2) is 7.70. The van der Waals surface area contributed by atoms with E-state index in [1.807, 2.05) is 32.0 Å². The molecule has 1 unspecified atom stereocenters. The molecule has 1 aromatic carbocycles. The number of ether oxygens (including phenoxy) is 1. The molecule has 21 heavy (non-hydrogen) atoms. The Kier molecular flexibility index (Phi) is 6.20. The van der Waals surface area contributed by atoms with E-state index in [1.165, 1.54) is 11.3 Å². The predicted molar refractivity (Wildman–Crippen MR) is 92.5 cm³/mol. The summed E-state index contributed by atoms with van der Waals surface area (Å²) in [6.07, 6.45) is 0. The molecule has 1 N–H and O–H groups in total. The van der Waals surface area contributed by atoms with Gasteiger partial charge in [-0.2, -0.15) is 0 Å². The van der Waals surface area contributed by atoms with Crippen LogP contribution in [0.2, 0.25) is 14.4 Å². The number of hydrogen-bond acceptors (Lipinski definition) is 3. The highest BCUT2D eigenvalue weighted by Gasteiger charge is 2.20. The minimum absolute atomic E-state index is 0.0341. The third-order valence-electron chi connectivity index (χ3n) is 2.95. The third kappa shape index (κ3) is 4.05. The zero-order valence-electron chi connectivity index (χ0n) is 11.8. The van der Waals surface area contributed by atoms with Crippen LogP contribution in [0.15, 0.2) is 24.3 Å². The average molecular weight is 365 g/mol. The molecule has 0 saturated carbocycles. The lowest BCUT2D eigenvalue weighted by molar-refractivity contribution is 0.340. The molecule has 2 nitrogen and oxygen atoms in total. The maximum atomic E-state index is 6.42. The fraction of sp³-hybridized carbons (Fsp3) is 0.333. The largest absolute Gasteiger partial charge is 0.492 e. The van der Waals surface area contributed by atoms with Crippen LogP contribution in [-0.2, 0) is 0 Å². The lowest BCUT2D eigenvalue weighted by Gasteiger charge is -2.19. The highest BCUT2D eigenvalue weighted by molar-refractivity contribution is 7.16. The van der Waals surface area contributed by atoms with Crippen molar-refractivity contribution in [2.24, 2.45) is 0 Å². The molecule has 1 atom stereocenters. The molecular weight excluding hydrogens is 349 g/mol. The minimum Gasteiger partial charge on any atom is -0.492 e. The summed E-state index contributed by atoms with van der Waals surface area (Å²) in [4.78, 5) is 1.10. The Hall–Kier alpha value is -0.450. The fourth-order valence-corrected chi connectivity index (χ4v) is 3.73. The highest BCUT2D eigenvalue weighted by Crippen LogP contribution is 2.38. The molecule has 0 bridgehead atoms. The summed E-state index contributed by atoms with van der Waals surface area (Å²) in [5.74, 6) is 0.604. The summed E-state index contributed by atoms with van der Waals surface area (Å²) in [7, 11) is 0. The van der Waals surface area contributed by atoms with Crippen LogP contribution in [-0.4, -0.2) is 13.2 Å². The number of hydrogen-bond donors (Lipinski definition) is 1. The first kappa shape index (κ1) is 16.9. The van der Waals surface area contributed by atoms with E-state index in [4.69, 9.17) is 39.5 Å². The second-order valence-electron chi connectivity index (χ2n) is 4.37. The molecule has 0 aliphatic carbocycles. The molecule has 1 heterocycles. The van der Waals surface area contributed by atoms with Gasteiger partial charge in [-0.05, 0) is 37.2 Å². The van der Waals surface area contributed by atoms with Gasteiger partial charge in [-0.3, -0.25) is 0 Å². The quantitative estimate of drug-likeness (QED) is 0.698. The maximum Gasteiger partial charge on any atom is 0.139 e. The Balaban J connectivity index is 2.43. The van der Waals surface area contributed by atoms with Crippen LogP contribution < -0.4 is 10.1 Å². The van der Waals surface area contributed by atoms with Crippen molar-refractivity contribution < 1.29 is 4.74 Å². The highest BCUT2D eigenvalue weighted by atomic mass is 35.5. The first-order valence-corrected chi connectivity index (χ1v) is 8.62. The van der Waals surface area contributed by atoms with E-state index in [0.717, 1.165) is 21.3 Å². The molecule has 0 aliphatic heterocycles. The van der Waals surface area contributed by atoms with Crippen LogP contribution in [0.3, 0.4) is 0 Å². The molecule has 0 saturated heterocycles. The summed E-state index contributed by atoms with van der Waals surface area (Å²) in [5.41, 5.74) is 0.922. The molecule has 0 fully saturated rings. The van der Waals surface area contributed by atoms with E-state index in [1.54, 1.807) is 6.07 Å². The molecule has 114 valence electrons. The monoisotopic (exact) mass is 363 g/mol. The standard InChI is InChI=1S/C15H16Cl3NOS/c1-3-19-15(13-5-6-14(18)21-13)9-7-11(17)12(20-4-2)8-10(9)16/h5-8,15,19H,3-4H2,1-2H3. The molecule has 0 aliphatic rings. The van der Waals surface area contributed by atoms with E-state index < -0.39 is 0 Å². The second-order valence-corrected chi connectivity index (χ2v) is 6.93. The van der Waals surface area contributed by atoms with Gasteiger partial charge in [0, 0.05) is 16.0 Å². The Morgan fingerprint density at radius 2 is 1.90 bits per heavy atom. The van der Waals surface area contributed by atoms with Crippen LogP contribution in [0.1, 0.15) is 30.3 Å². The Bertz CT molecular complexity index is 615. The van der Waals surface area contributed by atoms with Crippen LogP contribution in [0.4, 0.5) is 0 Å². The van der Waals surface area contributed by atoms with Crippen molar-refractivity contribution in [2.45, 2.75) is 19.9 Å². The number of rotatable bonds is 6. The van der Waals surface area contributed by atoms with E-state index in [2.05, 4.69) is 5.32 Å². The van der Waals surface area contributed by atoms with Crippen molar-refractivity contribution in [2.75, 3.05) is 13.2 Å². The molecule has 1 aromatic heterocycles. The van der Waals surface area contributed by atoms with E-state index in [-0.39, 0.29) is 6.04 Å². The number of halogens is 3. The van der Waals surface area contributed by atoms with Gasteiger partial charge in [0.15, 0.2) is 0 Å². The third-order valence-corrected chi connectivity index (χ3v) is 4.87. The first-order chi connectivity index (χ1) is 10.1. The predicted octanol–water partition coefficient (Wildman–Crippen LogP) is 5.81. The molecule has 0 spiro atoms. The Morgan fingerprint density at radius 1 is 1.14 bits per heavy atom. The van der Waals surface area contributed by atoms with Gasteiger partial charge in [-0.1, -0.05) is 41.7 Å². The molecule has 0 amide bonds. The van der Waals surface area contributed by atoms with E-state index in [9.17, 15) is 0 Å². The molecule has 0 radical (unpaired) electrons. The van der Waals surface area contributed by atoms with Crippen molar-refractivity contribution in [3.05, 3.63) is 49.1 Å². The Labute approximate surface area is 144 Å². The number of benzene rings is 1. The summed E-state index contributed by atoms with van der Waals surface area (Å²) < 4.78 is 6.22. The van der Waals surface area contributed by atoms with Gasteiger partial charge >= 0.3 is 0 Å². The smallest absolute Gasteiger partial charge is 0.139 e. The van der Waals surface area contributed by atoms with Gasteiger partial charge in [0.2, 0.25) is 0 Å². The van der Waals surface area contributed by atoms with Gasteiger partial charge in [0.25, 0.3) is 0 Å². The van der Waals surface area contributed by atoms with Crippen molar-refractivity contribution in [1.29, 1.82) is 0 Å². The average Bonchev–Trinajstić information content (AvgIpc) is 2.87.